The average molecular weight is 306 g/mol. The molecule has 1 aromatic carbocycles. The number of carbonyl (C=O) groups excluding carboxylic acids is 1. The van der Waals surface area contributed by atoms with Crippen LogP contribution >= 0.6 is 0 Å². The van der Waals surface area contributed by atoms with Crippen LogP contribution in [0.15, 0.2) is 18.2 Å². The van der Waals surface area contributed by atoms with E-state index < -0.39 is 0 Å². The Bertz CT molecular complexity index is 531. The molecule has 1 aliphatic rings. The molecule has 2 N–H and O–H groups in total. The molecule has 0 bridgehead atoms. The fraction of sp³-hybridized carbons (Fsp3) is 0.588. The van der Waals surface area contributed by atoms with Crippen molar-refractivity contribution in [1.29, 1.82) is 0 Å². The van der Waals surface area contributed by atoms with Gasteiger partial charge in [-0.1, -0.05) is 0 Å². The normalized spacial score (nSPS) is 21.3. The third kappa shape index (κ3) is 3.53. The SMILES string of the molecule is COc1cc(C(=O)N2CC(CN)CC2C)ccc1OC(C)C. The van der Waals surface area contributed by atoms with Crippen LogP contribution in [-0.2, 0) is 0 Å². The molecule has 5 nitrogen and oxygen atoms in total. The Balaban J connectivity index is 2.20. The minimum Gasteiger partial charge on any atom is -0.493 e. The van der Waals surface area contributed by atoms with Gasteiger partial charge in [0.2, 0.25) is 0 Å². The number of methoxy groups -OCH3 is 1. The van der Waals surface area contributed by atoms with E-state index in [1.165, 1.54) is 0 Å². The first-order valence-corrected chi connectivity index (χ1v) is 7.82. The van der Waals surface area contributed by atoms with Crippen LogP contribution in [0.1, 0.15) is 37.6 Å². The van der Waals surface area contributed by atoms with Crippen molar-refractivity contribution in [1.82, 2.24) is 4.90 Å². The van der Waals surface area contributed by atoms with Gasteiger partial charge in [-0.15, -0.1) is 0 Å². The van der Waals surface area contributed by atoms with Gasteiger partial charge in [-0.05, 0) is 57.9 Å². The first-order chi connectivity index (χ1) is 10.5. The summed E-state index contributed by atoms with van der Waals surface area (Å²) in [6.07, 6.45) is 1.02. The van der Waals surface area contributed by atoms with E-state index in [1.54, 1.807) is 25.3 Å². The highest BCUT2D eigenvalue weighted by Gasteiger charge is 2.32. The zero-order valence-electron chi connectivity index (χ0n) is 13.8. The van der Waals surface area contributed by atoms with Gasteiger partial charge in [0.25, 0.3) is 5.91 Å². The number of nitrogens with zero attached hydrogens (tertiary/aromatic N) is 1. The van der Waals surface area contributed by atoms with E-state index in [0.717, 1.165) is 13.0 Å². The predicted octanol–water partition coefficient (Wildman–Crippen LogP) is 2.29. The van der Waals surface area contributed by atoms with E-state index in [2.05, 4.69) is 6.92 Å². The van der Waals surface area contributed by atoms with Crippen molar-refractivity contribution in [2.75, 3.05) is 20.2 Å². The fourth-order valence-corrected chi connectivity index (χ4v) is 2.91. The summed E-state index contributed by atoms with van der Waals surface area (Å²) in [7, 11) is 1.58. The zero-order valence-corrected chi connectivity index (χ0v) is 13.8. The van der Waals surface area contributed by atoms with Gasteiger partial charge >= 0.3 is 0 Å². The number of hydrogen-bond acceptors (Lipinski definition) is 4. The second-order valence-electron chi connectivity index (χ2n) is 6.18. The standard InChI is InChI=1S/C17H26N2O3/c1-11(2)22-15-6-5-14(8-16(15)21-4)17(20)19-10-13(9-18)7-12(19)3/h5-6,8,11-13H,7,9-10,18H2,1-4H3. The van der Waals surface area contributed by atoms with Crippen LogP contribution in [0.3, 0.4) is 0 Å². The summed E-state index contributed by atoms with van der Waals surface area (Å²) in [5, 5.41) is 0. The molecule has 1 amide bonds. The van der Waals surface area contributed by atoms with Crippen molar-refractivity contribution >= 4 is 5.91 Å². The third-order valence-electron chi connectivity index (χ3n) is 4.03. The van der Waals surface area contributed by atoms with Gasteiger partial charge in [-0.2, -0.15) is 0 Å². The van der Waals surface area contributed by atoms with Gasteiger partial charge in [0.1, 0.15) is 0 Å². The monoisotopic (exact) mass is 306 g/mol. The lowest BCUT2D eigenvalue weighted by Gasteiger charge is -2.22. The molecule has 1 heterocycles. The Morgan fingerprint density at radius 2 is 2.14 bits per heavy atom. The lowest BCUT2D eigenvalue weighted by molar-refractivity contribution is 0.0743. The van der Waals surface area contributed by atoms with Crippen molar-refractivity contribution < 1.29 is 14.3 Å². The van der Waals surface area contributed by atoms with Crippen LogP contribution < -0.4 is 15.2 Å². The first-order valence-electron chi connectivity index (χ1n) is 7.82. The summed E-state index contributed by atoms with van der Waals surface area (Å²) < 4.78 is 11.0. The molecule has 1 fully saturated rings. The number of benzene rings is 1. The second kappa shape index (κ2) is 7.01. The van der Waals surface area contributed by atoms with Gasteiger partial charge in [-0.3, -0.25) is 4.79 Å². The highest BCUT2D eigenvalue weighted by Crippen LogP contribution is 2.31. The molecule has 0 saturated carbocycles. The Labute approximate surface area is 132 Å². The number of ether oxygens (including phenoxy) is 2. The number of nitrogens with two attached hydrogens (primary N) is 1. The minimum atomic E-state index is 0.0258. The van der Waals surface area contributed by atoms with Crippen LogP contribution in [0.5, 0.6) is 11.5 Å². The largest absolute Gasteiger partial charge is 0.493 e. The highest BCUT2D eigenvalue weighted by atomic mass is 16.5. The van der Waals surface area contributed by atoms with Gasteiger partial charge in [0, 0.05) is 18.2 Å². The summed E-state index contributed by atoms with van der Waals surface area (Å²) in [6.45, 7) is 7.33. The molecule has 2 rings (SSSR count). The molecule has 2 atom stereocenters. The van der Waals surface area contributed by atoms with Crippen molar-refractivity contribution in [2.45, 2.75) is 39.3 Å². The zero-order chi connectivity index (χ0) is 16.3. The minimum absolute atomic E-state index is 0.0258. The molecule has 22 heavy (non-hydrogen) atoms. The smallest absolute Gasteiger partial charge is 0.254 e. The third-order valence-corrected chi connectivity index (χ3v) is 4.03. The van der Waals surface area contributed by atoms with Gasteiger partial charge < -0.3 is 20.1 Å². The summed E-state index contributed by atoms with van der Waals surface area (Å²) in [4.78, 5) is 14.6. The topological polar surface area (TPSA) is 64.8 Å². The number of carbonyl (C=O) groups is 1. The number of amides is 1. The maximum atomic E-state index is 12.7. The summed E-state index contributed by atoms with van der Waals surface area (Å²) in [5.41, 5.74) is 6.36. The molecule has 0 aliphatic carbocycles. The van der Waals surface area contributed by atoms with Crippen molar-refractivity contribution in [2.24, 2.45) is 11.7 Å². The summed E-state index contributed by atoms with van der Waals surface area (Å²) in [5.74, 6) is 1.66. The van der Waals surface area contributed by atoms with Crippen molar-refractivity contribution in [3.63, 3.8) is 0 Å². The van der Waals surface area contributed by atoms with E-state index in [0.29, 0.717) is 29.5 Å². The fourth-order valence-electron chi connectivity index (χ4n) is 2.91. The number of rotatable bonds is 5. The van der Waals surface area contributed by atoms with Crippen molar-refractivity contribution in [3.8, 4) is 11.5 Å². The summed E-state index contributed by atoms with van der Waals surface area (Å²) >= 11 is 0. The molecule has 0 radical (unpaired) electrons. The molecule has 0 aromatic heterocycles. The molecule has 122 valence electrons. The lowest BCUT2D eigenvalue weighted by atomic mass is 10.1. The Morgan fingerprint density at radius 3 is 2.68 bits per heavy atom. The van der Waals surface area contributed by atoms with Crippen LogP contribution in [0, 0.1) is 5.92 Å². The van der Waals surface area contributed by atoms with Crippen LogP contribution in [0.4, 0.5) is 0 Å². The van der Waals surface area contributed by atoms with E-state index in [-0.39, 0.29) is 18.1 Å². The predicted molar refractivity (Wildman–Crippen MR) is 86.4 cm³/mol. The Hall–Kier alpha value is -1.75. The maximum Gasteiger partial charge on any atom is 0.254 e. The van der Waals surface area contributed by atoms with E-state index in [9.17, 15) is 4.79 Å². The van der Waals surface area contributed by atoms with Gasteiger partial charge in [-0.25, -0.2) is 0 Å². The molecule has 1 saturated heterocycles. The number of likely N-dealkylation sites (tertiary alicyclic amines) is 1. The molecule has 0 spiro atoms. The molecule has 1 aromatic rings. The van der Waals surface area contributed by atoms with Crippen molar-refractivity contribution in [3.05, 3.63) is 23.8 Å². The average Bonchev–Trinajstić information content (AvgIpc) is 2.87. The van der Waals surface area contributed by atoms with Crippen LogP contribution in [-0.4, -0.2) is 43.2 Å². The molecular formula is C17H26N2O3. The molecule has 2 unspecified atom stereocenters. The quantitative estimate of drug-likeness (QED) is 0.906. The first kappa shape index (κ1) is 16.6. The molecular weight excluding hydrogens is 280 g/mol. The number of hydrogen-bond donors (Lipinski definition) is 1. The Kier molecular flexibility index (Phi) is 5.29. The van der Waals surface area contributed by atoms with E-state index in [4.69, 9.17) is 15.2 Å². The summed E-state index contributed by atoms with van der Waals surface area (Å²) in [6, 6.07) is 5.57. The molecule has 5 heteroatoms. The lowest BCUT2D eigenvalue weighted by Crippen LogP contribution is -2.34. The van der Waals surface area contributed by atoms with Crippen LogP contribution in [0.25, 0.3) is 0 Å². The molecule has 1 aliphatic heterocycles. The highest BCUT2D eigenvalue weighted by molar-refractivity contribution is 5.95. The maximum absolute atomic E-state index is 12.7. The van der Waals surface area contributed by atoms with Gasteiger partial charge in [0.15, 0.2) is 11.5 Å². The van der Waals surface area contributed by atoms with E-state index >= 15 is 0 Å². The Morgan fingerprint density at radius 1 is 1.41 bits per heavy atom. The second-order valence-corrected chi connectivity index (χ2v) is 6.18. The van der Waals surface area contributed by atoms with Gasteiger partial charge in [0.05, 0.1) is 13.2 Å². The van der Waals surface area contributed by atoms with Crippen LogP contribution in [0.2, 0.25) is 0 Å². The van der Waals surface area contributed by atoms with E-state index in [1.807, 2.05) is 18.7 Å².